The smallest absolute Gasteiger partial charge is 0.191 e. The molecule has 1 unspecified atom stereocenters. The van der Waals surface area contributed by atoms with Crippen LogP contribution in [0.15, 0.2) is 71.7 Å². The second kappa shape index (κ2) is 7.92. The first-order valence-corrected chi connectivity index (χ1v) is 9.86. The molecule has 2 aliphatic rings. The molecule has 2 aromatic heterocycles. The number of allylic oxidation sites excluding steroid dienone is 3. The molecule has 0 saturated heterocycles. The quantitative estimate of drug-likeness (QED) is 0.693. The van der Waals surface area contributed by atoms with Crippen LogP contribution in [0.4, 0.5) is 10.2 Å². The van der Waals surface area contributed by atoms with E-state index in [2.05, 4.69) is 31.3 Å². The van der Waals surface area contributed by atoms with Gasteiger partial charge >= 0.3 is 0 Å². The van der Waals surface area contributed by atoms with E-state index in [0.717, 1.165) is 27.6 Å². The zero-order valence-electron chi connectivity index (χ0n) is 16.5. The fourth-order valence-corrected chi connectivity index (χ4v) is 3.70. The van der Waals surface area contributed by atoms with Crippen LogP contribution in [0.25, 0.3) is 16.5 Å². The summed E-state index contributed by atoms with van der Waals surface area (Å²) in [6, 6.07) is 9.51. The maximum absolute atomic E-state index is 15.2. The van der Waals surface area contributed by atoms with Gasteiger partial charge in [0.15, 0.2) is 11.6 Å². The SMILES string of the molecule is N#Cc1ccc2cc(CNc3ncnc(C4=CCC5N=CC=CC5=C4)c3F)cnc2c1. The van der Waals surface area contributed by atoms with Gasteiger partial charge in [-0.1, -0.05) is 18.2 Å². The molecule has 0 fully saturated rings. The molecule has 6 nitrogen and oxygen atoms in total. The highest BCUT2D eigenvalue weighted by Gasteiger charge is 2.21. The van der Waals surface area contributed by atoms with Crippen molar-refractivity contribution in [1.29, 1.82) is 5.26 Å². The second-order valence-electron chi connectivity index (χ2n) is 7.31. The average Bonchev–Trinajstić information content (AvgIpc) is 2.82. The van der Waals surface area contributed by atoms with Gasteiger partial charge in [0.1, 0.15) is 12.0 Å². The fourth-order valence-electron chi connectivity index (χ4n) is 3.70. The topological polar surface area (TPSA) is 86.9 Å². The number of nitriles is 1. The number of hydrogen-bond donors (Lipinski definition) is 1. The molecule has 1 N–H and O–H groups in total. The van der Waals surface area contributed by atoms with E-state index in [4.69, 9.17) is 5.26 Å². The molecule has 3 heterocycles. The van der Waals surface area contributed by atoms with Gasteiger partial charge in [-0.3, -0.25) is 9.98 Å². The maximum atomic E-state index is 15.2. The number of halogens is 1. The molecule has 0 bridgehead atoms. The van der Waals surface area contributed by atoms with Crippen molar-refractivity contribution in [2.24, 2.45) is 4.99 Å². The molecular weight excluding hydrogens is 391 g/mol. The first kappa shape index (κ1) is 18.8. The van der Waals surface area contributed by atoms with Crippen molar-refractivity contribution in [2.45, 2.75) is 19.0 Å². The van der Waals surface area contributed by atoms with Gasteiger partial charge in [0.2, 0.25) is 0 Å². The first-order valence-electron chi connectivity index (χ1n) is 9.86. The van der Waals surface area contributed by atoms with Crippen LogP contribution in [-0.4, -0.2) is 27.2 Å². The van der Waals surface area contributed by atoms with Gasteiger partial charge in [-0.15, -0.1) is 0 Å². The van der Waals surface area contributed by atoms with Crippen LogP contribution in [0.3, 0.4) is 0 Å². The van der Waals surface area contributed by atoms with E-state index in [1.807, 2.05) is 36.4 Å². The predicted molar refractivity (Wildman–Crippen MR) is 118 cm³/mol. The Morgan fingerprint density at radius 1 is 1.19 bits per heavy atom. The van der Waals surface area contributed by atoms with Crippen LogP contribution < -0.4 is 5.32 Å². The van der Waals surface area contributed by atoms with Crippen LogP contribution in [-0.2, 0) is 6.54 Å². The number of dihydropyridines is 1. The lowest BCUT2D eigenvalue weighted by Crippen LogP contribution is -2.13. The van der Waals surface area contributed by atoms with Crippen molar-refractivity contribution in [1.82, 2.24) is 15.0 Å². The predicted octanol–water partition coefficient (Wildman–Crippen LogP) is 4.37. The number of benzene rings is 1. The van der Waals surface area contributed by atoms with Crippen molar-refractivity contribution < 1.29 is 4.39 Å². The summed E-state index contributed by atoms with van der Waals surface area (Å²) in [6.07, 6.45) is 13.3. The van der Waals surface area contributed by atoms with E-state index in [1.165, 1.54) is 6.33 Å². The second-order valence-corrected chi connectivity index (χ2v) is 7.31. The number of hydrogen-bond acceptors (Lipinski definition) is 6. The van der Waals surface area contributed by atoms with Crippen LogP contribution >= 0.6 is 0 Å². The molecule has 1 aromatic carbocycles. The van der Waals surface area contributed by atoms with Crippen molar-refractivity contribution in [3.8, 4) is 6.07 Å². The minimum Gasteiger partial charge on any atom is -0.363 e. The number of nitrogens with zero attached hydrogens (tertiary/aromatic N) is 5. The summed E-state index contributed by atoms with van der Waals surface area (Å²) in [5.41, 5.74) is 4.24. The molecule has 1 atom stereocenters. The standard InChI is InChI=1S/C24H17FN6/c25-22-23(19-5-6-20-17(10-19)2-1-7-27-20)30-14-31-24(22)29-13-16-8-18-4-3-15(11-26)9-21(18)28-12-16/h1-5,7-10,12,14,20H,6,13H2,(H,29,30,31). The molecule has 150 valence electrons. The minimum atomic E-state index is -0.486. The molecular formula is C24H17FN6. The summed E-state index contributed by atoms with van der Waals surface area (Å²) in [7, 11) is 0. The Bertz CT molecular complexity index is 1350. The van der Waals surface area contributed by atoms with Gasteiger partial charge < -0.3 is 5.32 Å². The summed E-state index contributed by atoms with van der Waals surface area (Å²) in [5, 5.41) is 13.0. The maximum Gasteiger partial charge on any atom is 0.191 e. The van der Waals surface area contributed by atoms with Gasteiger partial charge in [-0.2, -0.15) is 5.26 Å². The Morgan fingerprint density at radius 3 is 3.03 bits per heavy atom. The molecule has 1 aliphatic heterocycles. The number of fused-ring (bicyclic) bond motifs is 2. The minimum absolute atomic E-state index is 0.0980. The first-order chi connectivity index (χ1) is 15.2. The summed E-state index contributed by atoms with van der Waals surface area (Å²) in [6.45, 7) is 0.357. The molecule has 0 amide bonds. The number of anilines is 1. The van der Waals surface area contributed by atoms with E-state index >= 15 is 4.39 Å². The van der Waals surface area contributed by atoms with Crippen LogP contribution in [0.1, 0.15) is 23.2 Å². The lowest BCUT2D eigenvalue weighted by atomic mass is 9.92. The number of pyridine rings is 1. The molecule has 0 spiro atoms. The Labute approximate surface area is 178 Å². The van der Waals surface area contributed by atoms with Crippen molar-refractivity contribution >= 4 is 28.5 Å². The molecule has 31 heavy (non-hydrogen) atoms. The summed E-state index contributed by atoms with van der Waals surface area (Å²) in [5.74, 6) is -0.344. The Hall–Kier alpha value is -4.18. The van der Waals surface area contributed by atoms with E-state index < -0.39 is 5.82 Å². The Balaban J connectivity index is 1.36. The Kier molecular flexibility index (Phi) is 4.81. The number of aliphatic imine (C=N–C) groups is 1. The third kappa shape index (κ3) is 3.71. The molecule has 0 radical (unpaired) electrons. The molecule has 1 aliphatic carbocycles. The number of rotatable bonds is 4. The highest BCUT2D eigenvalue weighted by atomic mass is 19.1. The highest BCUT2D eigenvalue weighted by Crippen LogP contribution is 2.30. The molecule has 7 heteroatoms. The van der Waals surface area contributed by atoms with Gasteiger partial charge in [0.05, 0.1) is 23.2 Å². The summed E-state index contributed by atoms with van der Waals surface area (Å²) >= 11 is 0. The van der Waals surface area contributed by atoms with Crippen LogP contribution in [0.2, 0.25) is 0 Å². The number of nitrogens with one attached hydrogen (secondary N) is 1. The van der Waals surface area contributed by atoms with Gasteiger partial charge in [0.25, 0.3) is 0 Å². The largest absolute Gasteiger partial charge is 0.363 e. The Morgan fingerprint density at radius 2 is 2.13 bits per heavy atom. The van der Waals surface area contributed by atoms with Crippen molar-refractivity contribution in [3.63, 3.8) is 0 Å². The van der Waals surface area contributed by atoms with Gasteiger partial charge in [-0.25, -0.2) is 14.4 Å². The van der Waals surface area contributed by atoms with E-state index in [0.29, 0.717) is 18.5 Å². The van der Waals surface area contributed by atoms with Crippen molar-refractivity contribution in [3.05, 3.63) is 89.3 Å². The summed E-state index contributed by atoms with van der Waals surface area (Å²) < 4.78 is 15.2. The van der Waals surface area contributed by atoms with Gasteiger partial charge in [0, 0.05) is 24.3 Å². The monoisotopic (exact) mass is 408 g/mol. The van der Waals surface area contributed by atoms with Crippen LogP contribution in [0, 0.1) is 17.1 Å². The molecule has 3 aromatic rings. The zero-order chi connectivity index (χ0) is 21.2. The molecule has 0 saturated carbocycles. The zero-order valence-corrected chi connectivity index (χ0v) is 16.5. The van der Waals surface area contributed by atoms with Gasteiger partial charge in [-0.05, 0) is 53.5 Å². The summed E-state index contributed by atoms with van der Waals surface area (Å²) in [4.78, 5) is 17.1. The van der Waals surface area contributed by atoms with Crippen LogP contribution in [0.5, 0.6) is 0 Å². The fraction of sp³-hybridized carbons (Fsp3) is 0.125. The van der Waals surface area contributed by atoms with Crippen molar-refractivity contribution in [2.75, 3.05) is 5.32 Å². The lowest BCUT2D eigenvalue weighted by Gasteiger charge is -2.20. The highest BCUT2D eigenvalue weighted by molar-refractivity contribution is 5.81. The van der Waals surface area contributed by atoms with E-state index in [-0.39, 0.29) is 17.6 Å². The lowest BCUT2D eigenvalue weighted by molar-refractivity contribution is 0.611. The third-order valence-corrected chi connectivity index (χ3v) is 5.30. The van der Waals surface area contributed by atoms with E-state index in [9.17, 15) is 0 Å². The number of aromatic nitrogens is 3. The average molecular weight is 408 g/mol. The molecule has 5 rings (SSSR count). The normalized spacial score (nSPS) is 17.0. The third-order valence-electron chi connectivity index (χ3n) is 5.30. The van der Waals surface area contributed by atoms with E-state index in [1.54, 1.807) is 24.5 Å².